The highest BCUT2D eigenvalue weighted by Gasteiger charge is 2.24. The number of carbonyl (C=O) groups is 3. The summed E-state index contributed by atoms with van der Waals surface area (Å²) < 4.78 is 15.0. The molecule has 0 bridgehead atoms. The average Bonchev–Trinajstić information content (AvgIpc) is 2.40. The molecule has 146 valence electrons. The van der Waals surface area contributed by atoms with Gasteiger partial charge in [-0.15, -0.1) is 0 Å². The number of rotatable bonds is 7. The third-order valence-electron chi connectivity index (χ3n) is 2.76. The molecule has 1 atom stereocenters. The lowest BCUT2D eigenvalue weighted by atomic mass is 10.1. The van der Waals surface area contributed by atoms with Crippen molar-refractivity contribution in [1.29, 1.82) is 0 Å². The number of amides is 2. The Hall–Kier alpha value is -1.99. The first kappa shape index (κ1) is 23.0. The Morgan fingerprint density at radius 3 is 1.88 bits per heavy atom. The molecule has 0 spiro atoms. The van der Waals surface area contributed by atoms with Crippen molar-refractivity contribution in [3.8, 4) is 0 Å². The summed E-state index contributed by atoms with van der Waals surface area (Å²) in [5.41, 5.74) is -1.19. The van der Waals surface area contributed by atoms with Crippen LogP contribution in [0.4, 0.5) is 9.59 Å². The topological polar surface area (TPSA) is 103 Å². The summed E-state index contributed by atoms with van der Waals surface area (Å²) in [6.45, 7) is 11.0. The van der Waals surface area contributed by atoms with Crippen LogP contribution in [0.3, 0.4) is 0 Å². The van der Waals surface area contributed by atoms with Gasteiger partial charge in [0.25, 0.3) is 0 Å². The van der Waals surface area contributed by atoms with Gasteiger partial charge in [-0.3, -0.25) is 0 Å². The first-order chi connectivity index (χ1) is 11.3. The minimum atomic E-state index is -0.790. The molecule has 2 amide bonds. The van der Waals surface area contributed by atoms with Gasteiger partial charge in [-0.2, -0.15) is 0 Å². The zero-order chi connectivity index (χ0) is 19.7. The van der Waals surface area contributed by atoms with E-state index in [1.807, 2.05) is 0 Å². The van der Waals surface area contributed by atoms with Crippen LogP contribution in [-0.2, 0) is 19.0 Å². The molecule has 2 N–H and O–H groups in total. The van der Waals surface area contributed by atoms with Crippen molar-refractivity contribution in [3.05, 3.63) is 0 Å². The van der Waals surface area contributed by atoms with Crippen molar-refractivity contribution < 1.29 is 28.6 Å². The predicted octanol–water partition coefficient (Wildman–Crippen LogP) is 2.75. The highest BCUT2D eigenvalue weighted by molar-refractivity contribution is 5.81. The van der Waals surface area contributed by atoms with Gasteiger partial charge in [-0.1, -0.05) is 0 Å². The summed E-state index contributed by atoms with van der Waals surface area (Å²) in [5.74, 6) is -0.536. The Morgan fingerprint density at radius 1 is 0.880 bits per heavy atom. The van der Waals surface area contributed by atoms with Gasteiger partial charge in [-0.05, 0) is 60.8 Å². The molecular weight excluding hydrogens is 328 g/mol. The zero-order valence-corrected chi connectivity index (χ0v) is 16.4. The third kappa shape index (κ3) is 13.0. The van der Waals surface area contributed by atoms with Crippen LogP contribution in [-0.4, -0.2) is 49.1 Å². The molecule has 8 heteroatoms. The van der Waals surface area contributed by atoms with Gasteiger partial charge in [0.2, 0.25) is 0 Å². The number of methoxy groups -OCH3 is 1. The highest BCUT2D eigenvalue weighted by Crippen LogP contribution is 2.09. The summed E-state index contributed by atoms with van der Waals surface area (Å²) in [5, 5.41) is 5.15. The van der Waals surface area contributed by atoms with E-state index in [1.54, 1.807) is 41.5 Å². The van der Waals surface area contributed by atoms with Gasteiger partial charge >= 0.3 is 18.2 Å². The van der Waals surface area contributed by atoms with E-state index in [4.69, 9.17) is 14.2 Å². The number of ether oxygens (including phenoxy) is 3. The molecule has 0 aromatic carbocycles. The minimum absolute atomic E-state index is 0.377. The third-order valence-corrected chi connectivity index (χ3v) is 2.76. The van der Waals surface area contributed by atoms with Gasteiger partial charge in [0.15, 0.2) is 0 Å². The molecule has 0 aliphatic carbocycles. The maximum Gasteiger partial charge on any atom is 0.408 e. The van der Waals surface area contributed by atoms with Crippen molar-refractivity contribution in [2.24, 2.45) is 0 Å². The Bertz CT molecular complexity index is 451. The standard InChI is InChI=1S/C17H32N2O6/c1-16(2,3)24-14(21)18-11-9-8-10-12(13(20)23-7)19-15(22)25-17(4,5)6/h12H,8-11H2,1-7H3,(H,18,21)(H,19,22). The van der Waals surface area contributed by atoms with E-state index in [-0.39, 0.29) is 0 Å². The summed E-state index contributed by atoms with van der Waals surface area (Å²) >= 11 is 0. The van der Waals surface area contributed by atoms with Gasteiger partial charge in [0, 0.05) is 6.54 Å². The van der Waals surface area contributed by atoms with Crippen molar-refractivity contribution in [3.63, 3.8) is 0 Å². The quantitative estimate of drug-likeness (QED) is 0.411. The Kier molecular flexibility index (Phi) is 9.30. The smallest absolute Gasteiger partial charge is 0.408 e. The molecule has 0 aliphatic heterocycles. The van der Waals surface area contributed by atoms with E-state index in [0.29, 0.717) is 25.8 Å². The molecule has 0 radical (unpaired) electrons. The number of esters is 1. The van der Waals surface area contributed by atoms with E-state index in [9.17, 15) is 14.4 Å². The van der Waals surface area contributed by atoms with Crippen LogP contribution < -0.4 is 10.6 Å². The van der Waals surface area contributed by atoms with E-state index in [2.05, 4.69) is 10.6 Å². The van der Waals surface area contributed by atoms with Crippen molar-refractivity contribution in [2.45, 2.75) is 78.0 Å². The summed E-state index contributed by atoms with van der Waals surface area (Å²) in [6, 6.07) is -0.790. The largest absolute Gasteiger partial charge is 0.467 e. The molecular formula is C17H32N2O6. The predicted molar refractivity (Wildman–Crippen MR) is 93.3 cm³/mol. The minimum Gasteiger partial charge on any atom is -0.467 e. The Balaban J connectivity index is 4.23. The maximum absolute atomic E-state index is 11.8. The number of hydrogen-bond donors (Lipinski definition) is 2. The summed E-state index contributed by atoms with van der Waals surface area (Å²) in [7, 11) is 1.26. The number of carbonyl (C=O) groups excluding carboxylic acids is 3. The second-order valence-corrected chi connectivity index (χ2v) is 7.65. The lowest BCUT2D eigenvalue weighted by Crippen LogP contribution is -2.44. The van der Waals surface area contributed by atoms with Gasteiger partial charge in [0.1, 0.15) is 17.2 Å². The molecule has 0 rings (SSSR count). The molecule has 25 heavy (non-hydrogen) atoms. The average molecular weight is 360 g/mol. The molecule has 0 fully saturated rings. The number of unbranched alkanes of at least 4 members (excludes halogenated alkanes) is 1. The van der Waals surface area contributed by atoms with E-state index in [0.717, 1.165) is 0 Å². The monoisotopic (exact) mass is 360 g/mol. The normalized spacial score (nSPS) is 12.8. The summed E-state index contributed by atoms with van der Waals surface area (Å²) in [4.78, 5) is 35.1. The second-order valence-electron chi connectivity index (χ2n) is 7.65. The van der Waals surface area contributed by atoms with Crippen LogP contribution in [0, 0.1) is 0 Å². The molecule has 8 nitrogen and oxygen atoms in total. The van der Waals surface area contributed by atoms with Crippen LogP contribution in [0.15, 0.2) is 0 Å². The van der Waals surface area contributed by atoms with E-state index < -0.39 is 35.4 Å². The van der Waals surface area contributed by atoms with Crippen molar-refractivity contribution in [1.82, 2.24) is 10.6 Å². The first-order valence-electron chi connectivity index (χ1n) is 8.38. The molecule has 0 saturated heterocycles. The Labute approximate surface area is 150 Å². The Morgan fingerprint density at radius 2 is 1.40 bits per heavy atom. The lowest BCUT2D eigenvalue weighted by Gasteiger charge is -2.22. The first-order valence-corrected chi connectivity index (χ1v) is 8.38. The number of alkyl carbamates (subject to hydrolysis) is 2. The van der Waals surface area contributed by atoms with Crippen LogP contribution in [0.5, 0.6) is 0 Å². The van der Waals surface area contributed by atoms with E-state index >= 15 is 0 Å². The fourth-order valence-electron chi connectivity index (χ4n) is 1.82. The summed E-state index contributed by atoms with van der Waals surface area (Å²) in [6.07, 6.45) is 0.453. The number of nitrogens with one attached hydrogen (secondary N) is 2. The zero-order valence-electron chi connectivity index (χ0n) is 16.4. The van der Waals surface area contributed by atoms with Gasteiger partial charge in [0.05, 0.1) is 7.11 Å². The molecule has 0 aromatic heterocycles. The fraction of sp³-hybridized carbons (Fsp3) is 0.824. The molecule has 0 saturated carbocycles. The van der Waals surface area contributed by atoms with Gasteiger partial charge in [-0.25, -0.2) is 14.4 Å². The van der Waals surface area contributed by atoms with Crippen molar-refractivity contribution >= 4 is 18.2 Å². The van der Waals surface area contributed by atoms with Crippen molar-refractivity contribution in [2.75, 3.05) is 13.7 Å². The second kappa shape index (κ2) is 10.1. The maximum atomic E-state index is 11.8. The SMILES string of the molecule is COC(=O)C(CCCCNC(=O)OC(C)(C)C)NC(=O)OC(C)(C)C. The fourth-order valence-corrected chi connectivity index (χ4v) is 1.82. The van der Waals surface area contributed by atoms with Crippen LogP contribution in [0.25, 0.3) is 0 Å². The van der Waals surface area contributed by atoms with E-state index in [1.165, 1.54) is 7.11 Å². The van der Waals surface area contributed by atoms with Crippen LogP contribution in [0.2, 0.25) is 0 Å². The molecule has 0 heterocycles. The molecule has 0 aromatic rings. The number of hydrogen-bond acceptors (Lipinski definition) is 6. The van der Waals surface area contributed by atoms with Crippen LogP contribution >= 0.6 is 0 Å². The molecule has 0 aliphatic rings. The van der Waals surface area contributed by atoms with Gasteiger partial charge < -0.3 is 24.8 Å². The molecule has 1 unspecified atom stereocenters. The lowest BCUT2D eigenvalue weighted by molar-refractivity contribution is -0.143. The highest BCUT2D eigenvalue weighted by atomic mass is 16.6. The van der Waals surface area contributed by atoms with Crippen LogP contribution in [0.1, 0.15) is 60.8 Å².